The van der Waals surface area contributed by atoms with Crippen LogP contribution >= 0.6 is 0 Å². The molecule has 0 radical (unpaired) electrons. The summed E-state index contributed by atoms with van der Waals surface area (Å²) < 4.78 is 0. The van der Waals surface area contributed by atoms with Gasteiger partial charge in [-0.3, -0.25) is 4.79 Å². The molecule has 0 spiro atoms. The molecule has 0 unspecified atom stereocenters. The summed E-state index contributed by atoms with van der Waals surface area (Å²) in [6.07, 6.45) is 3.05. The van der Waals surface area contributed by atoms with Crippen molar-refractivity contribution in [1.82, 2.24) is 10.2 Å². The van der Waals surface area contributed by atoms with Gasteiger partial charge in [0, 0.05) is 19.0 Å². The molecule has 106 valence electrons. The van der Waals surface area contributed by atoms with E-state index in [4.69, 9.17) is 0 Å². The molecule has 1 aliphatic heterocycles. The minimum atomic E-state index is 0.0817. The van der Waals surface area contributed by atoms with Crippen LogP contribution in [0.3, 0.4) is 0 Å². The van der Waals surface area contributed by atoms with Crippen molar-refractivity contribution < 1.29 is 4.79 Å². The van der Waals surface area contributed by atoms with Crippen LogP contribution < -0.4 is 5.32 Å². The Labute approximate surface area is 112 Å². The van der Waals surface area contributed by atoms with E-state index in [-0.39, 0.29) is 5.41 Å². The molecule has 0 atom stereocenters. The summed E-state index contributed by atoms with van der Waals surface area (Å²) in [5.74, 6) is 0.994. The molecule has 0 aromatic rings. The van der Waals surface area contributed by atoms with Crippen LogP contribution in [0.4, 0.5) is 0 Å². The monoisotopic (exact) mass is 254 g/mol. The molecular weight excluding hydrogens is 224 g/mol. The summed E-state index contributed by atoms with van der Waals surface area (Å²) in [6.45, 7) is 13.8. The maximum absolute atomic E-state index is 12.4. The summed E-state index contributed by atoms with van der Waals surface area (Å²) in [5.41, 5.74) is 0.0817. The second-order valence-electron chi connectivity index (χ2n) is 7.07. The Balaban J connectivity index is 2.55. The number of amides is 1. The molecule has 1 saturated heterocycles. The SMILES string of the molecule is CC(C)N(CC1CCNCC1)C(=O)CC(C)(C)C. The number of hydrogen-bond acceptors (Lipinski definition) is 2. The Bertz CT molecular complexity index is 262. The van der Waals surface area contributed by atoms with Gasteiger partial charge in [0.05, 0.1) is 0 Å². The summed E-state index contributed by atoms with van der Waals surface area (Å²) in [6, 6.07) is 0.315. The molecular formula is C15H30N2O. The molecule has 1 heterocycles. The molecule has 0 aromatic carbocycles. The van der Waals surface area contributed by atoms with E-state index in [1.54, 1.807) is 0 Å². The second kappa shape index (κ2) is 6.55. The molecule has 3 nitrogen and oxygen atoms in total. The summed E-state index contributed by atoms with van der Waals surface area (Å²) in [4.78, 5) is 14.5. The molecule has 3 heteroatoms. The Morgan fingerprint density at radius 3 is 2.28 bits per heavy atom. The highest BCUT2D eigenvalue weighted by Gasteiger charge is 2.25. The van der Waals surface area contributed by atoms with E-state index in [1.165, 1.54) is 12.8 Å². The first-order valence-electron chi connectivity index (χ1n) is 7.30. The summed E-state index contributed by atoms with van der Waals surface area (Å²) in [5, 5.41) is 3.38. The van der Waals surface area contributed by atoms with Crippen LogP contribution in [0.1, 0.15) is 53.9 Å². The molecule has 1 fully saturated rings. The van der Waals surface area contributed by atoms with Crippen molar-refractivity contribution in [2.24, 2.45) is 11.3 Å². The highest BCUT2D eigenvalue weighted by molar-refractivity contribution is 5.77. The maximum Gasteiger partial charge on any atom is 0.223 e. The Morgan fingerprint density at radius 2 is 1.83 bits per heavy atom. The van der Waals surface area contributed by atoms with Crippen LogP contribution in [0.2, 0.25) is 0 Å². The fourth-order valence-corrected chi connectivity index (χ4v) is 2.50. The third-order valence-electron chi connectivity index (χ3n) is 3.54. The van der Waals surface area contributed by atoms with Crippen LogP contribution in [-0.2, 0) is 4.79 Å². The third kappa shape index (κ3) is 5.38. The van der Waals surface area contributed by atoms with Gasteiger partial charge >= 0.3 is 0 Å². The van der Waals surface area contributed by atoms with Crippen LogP contribution in [0.25, 0.3) is 0 Å². The quantitative estimate of drug-likeness (QED) is 0.836. The van der Waals surface area contributed by atoms with Gasteiger partial charge in [0.1, 0.15) is 0 Å². The van der Waals surface area contributed by atoms with Gasteiger partial charge in [-0.1, -0.05) is 20.8 Å². The van der Waals surface area contributed by atoms with Gasteiger partial charge in [-0.25, -0.2) is 0 Å². The van der Waals surface area contributed by atoms with Gasteiger partial charge in [0.25, 0.3) is 0 Å². The number of piperidine rings is 1. The number of nitrogens with one attached hydrogen (secondary N) is 1. The average Bonchev–Trinajstić information content (AvgIpc) is 2.24. The first-order chi connectivity index (χ1) is 8.29. The van der Waals surface area contributed by atoms with Gasteiger partial charge < -0.3 is 10.2 Å². The van der Waals surface area contributed by atoms with Crippen molar-refractivity contribution in [1.29, 1.82) is 0 Å². The topological polar surface area (TPSA) is 32.3 Å². The number of rotatable bonds is 4. The minimum absolute atomic E-state index is 0.0817. The number of hydrogen-bond donors (Lipinski definition) is 1. The van der Waals surface area contributed by atoms with E-state index in [2.05, 4.69) is 44.8 Å². The van der Waals surface area contributed by atoms with E-state index >= 15 is 0 Å². The largest absolute Gasteiger partial charge is 0.340 e. The van der Waals surface area contributed by atoms with Gasteiger partial charge in [-0.15, -0.1) is 0 Å². The van der Waals surface area contributed by atoms with Crippen LogP contribution in [-0.4, -0.2) is 36.5 Å². The Kier molecular flexibility index (Phi) is 5.64. The predicted octanol–water partition coefficient (Wildman–Crippen LogP) is 2.66. The third-order valence-corrected chi connectivity index (χ3v) is 3.54. The van der Waals surface area contributed by atoms with E-state index in [0.717, 1.165) is 19.6 Å². The molecule has 1 N–H and O–H groups in total. The zero-order valence-corrected chi connectivity index (χ0v) is 12.8. The lowest BCUT2D eigenvalue weighted by Crippen LogP contribution is -2.43. The summed E-state index contributed by atoms with van der Waals surface area (Å²) >= 11 is 0. The number of carbonyl (C=O) groups is 1. The van der Waals surface area contributed by atoms with Crippen molar-refractivity contribution in [3.05, 3.63) is 0 Å². The molecule has 1 rings (SSSR count). The molecule has 0 aromatic heterocycles. The maximum atomic E-state index is 12.4. The molecule has 18 heavy (non-hydrogen) atoms. The van der Waals surface area contributed by atoms with E-state index in [0.29, 0.717) is 24.3 Å². The Morgan fingerprint density at radius 1 is 1.28 bits per heavy atom. The average molecular weight is 254 g/mol. The lowest BCUT2D eigenvalue weighted by atomic mass is 9.90. The van der Waals surface area contributed by atoms with Crippen molar-refractivity contribution in [3.8, 4) is 0 Å². The van der Waals surface area contributed by atoms with Crippen molar-refractivity contribution in [2.45, 2.75) is 59.9 Å². The van der Waals surface area contributed by atoms with E-state index in [9.17, 15) is 4.79 Å². The standard InChI is InChI=1S/C15H30N2O/c1-12(2)17(14(18)10-15(3,4)5)11-13-6-8-16-9-7-13/h12-13,16H,6-11H2,1-5H3. The Hall–Kier alpha value is -0.570. The van der Waals surface area contributed by atoms with Gasteiger partial charge in [0.15, 0.2) is 0 Å². The first-order valence-corrected chi connectivity index (χ1v) is 7.30. The van der Waals surface area contributed by atoms with Crippen LogP contribution in [0, 0.1) is 11.3 Å². The fraction of sp³-hybridized carbons (Fsp3) is 0.933. The van der Waals surface area contributed by atoms with E-state index in [1.807, 2.05) is 0 Å². The second-order valence-corrected chi connectivity index (χ2v) is 7.07. The molecule has 0 bridgehead atoms. The smallest absolute Gasteiger partial charge is 0.223 e. The van der Waals surface area contributed by atoms with Gasteiger partial charge in [-0.05, 0) is 51.1 Å². The van der Waals surface area contributed by atoms with Crippen LogP contribution in [0.15, 0.2) is 0 Å². The first kappa shape index (κ1) is 15.5. The van der Waals surface area contributed by atoms with Crippen molar-refractivity contribution in [2.75, 3.05) is 19.6 Å². The molecule has 1 aliphatic rings. The highest BCUT2D eigenvalue weighted by atomic mass is 16.2. The van der Waals surface area contributed by atoms with Crippen molar-refractivity contribution >= 4 is 5.91 Å². The van der Waals surface area contributed by atoms with Crippen LogP contribution in [0.5, 0.6) is 0 Å². The zero-order valence-electron chi connectivity index (χ0n) is 12.8. The van der Waals surface area contributed by atoms with Crippen molar-refractivity contribution in [3.63, 3.8) is 0 Å². The predicted molar refractivity (Wildman–Crippen MR) is 76.5 cm³/mol. The number of nitrogens with zero attached hydrogens (tertiary/aromatic N) is 1. The lowest BCUT2D eigenvalue weighted by molar-refractivity contribution is -0.135. The highest BCUT2D eigenvalue weighted by Crippen LogP contribution is 2.22. The zero-order chi connectivity index (χ0) is 13.8. The van der Waals surface area contributed by atoms with E-state index < -0.39 is 0 Å². The lowest BCUT2D eigenvalue weighted by Gasteiger charge is -2.34. The molecule has 1 amide bonds. The van der Waals surface area contributed by atoms with Gasteiger partial charge in [-0.2, -0.15) is 0 Å². The van der Waals surface area contributed by atoms with Gasteiger partial charge in [0.2, 0.25) is 5.91 Å². The molecule has 0 saturated carbocycles. The summed E-state index contributed by atoms with van der Waals surface area (Å²) in [7, 11) is 0. The molecule has 0 aliphatic carbocycles. The number of carbonyl (C=O) groups excluding carboxylic acids is 1. The minimum Gasteiger partial charge on any atom is -0.340 e. The fourth-order valence-electron chi connectivity index (χ4n) is 2.50. The normalized spacial score (nSPS) is 18.1.